The van der Waals surface area contributed by atoms with Gasteiger partial charge in [0.25, 0.3) is 6.43 Å². The Labute approximate surface area is 135 Å². The third-order valence-electron chi connectivity index (χ3n) is 3.55. The molecule has 4 N–H and O–H groups in total. The quantitative estimate of drug-likeness (QED) is 0.582. The molecular weight excluding hydrogens is 323 g/mol. The summed E-state index contributed by atoms with van der Waals surface area (Å²) in [5, 5.41) is 13.2. The van der Waals surface area contributed by atoms with Gasteiger partial charge in [-0.1, -0.05) is 6.07 Å². The van der Waals surface area contributed by atoms with Gasteiger partial charge in [-0.25, -0.2) is 8.78 Å². The van der Waals surface area contributed by atoms with Gasteiger partial charge in [0, 0.05) is 31.7 Å². The number of piperazine rings is 1. The van der Waals surface area contributed by atoms with Gasteiger partial charge in [0.05, 0.1) is 5.69 Å². The summed E-state index contributed by atoms with van der Waals surface area (Å²) in [5.41, 5.74) is 6.65. The minimum absolute atomic E-state index is 0. The fourth-order valence-electron chi connectivity index (χ4n) is 2.53. The summed E-state index contributed by atoms with van der Waals surface area (Å²) in [7, 11) is 0. The van der Waals surface area contributed by atoms with E-state index in [0.717, 1.165) is 0 Å². The van der Waals surface area contributed by atoms with Crippen molar-refractivity contribution >= 4 is 30.5 Å². The monoisotopic (exact) mass is 343 g/mol. The number of hydrogen-bond donors (Lipinski definition) is 3. The summed E-state index contributed by atoms with van der Waals surface area (Å²) in [6, 6.07) is 2.10. The summed E-state index contributed by atoms with van der Waals surface area (Å²) >= 11 is 0. The second-order valence-corrected chi connectivity index (χ2v) is 4.80. The number of hydrogen-bond acceptors (Lipinski definition) is 4. The number of phenols is 1. The molecule has 1 aromatic carbocycles. The molecule has 1 saturated heterocycles. The molecule has 2 rings (SSSR count). The van der Waals surface area contributed by atoms with Crippen LogP contribution in [0.3, 0.4) is 0 Å². The maximum Gasteiger partial charge on any atom is 0.258 e. The summed E-state index contributed by atoms with van der Waals surface area (Å²) in [6.45, 7) is 4.12. The van der Waals surface area contributed by atoms with Crippen LogP contribution in [0.5, 0.6) is 5.75 Å². The van der Waals surface area contributed by atoms with Crippen LogP contribution >= 0.6 is 24.8 Å². The minimum atomic E-state index is -2.57. The lowest BCUT2D eigenvalue weighted by Crippen LogP contribution is -2.47. The topological polar surface area (TPSA) is 61.5 Å². The Morgan fingerprint density at radius 2 is 1.81 bits per heavy atom. The number of alkyl halides is 2. The van der Waals surface area contributed by atoms with Gasteiger partial charge in [-0.15, -0.1) is 24.8 Å². The molecule has 1 aliphatic rings. The van der Waals surface area contributed by atoms with Gasteiger partial charge < -0.3 is 16.2 Å². The van der Waals surface area contributed by atoms with Gasteiger partial charge in [-0.05, 0) is 18.6 Å². The van der Waals surface area contributed by atoms with Crippen molar-refractivity contribution in [2.45, 2.75) is 19.4 Å². The molecule has 0 saturated carbocycles. The van der Waals surface area contributed by atoms with Crippen molar-refractivity contribution in [3.05, 3.63) is 23.3 Å². The standard InChI is InChI=1S/C13H19F2N3O.2ClH/c1-8-2-3-9(16)12(19)10(8)11(13(14)15)18-6-4-17-5-7-18;;/h2-3,11,13,17,19H,4-7,16H2,1H3;2*1H/t11-;;/m0../s1. The molecule has 0 spiro atoms. The number of nitrogens with two attached hydrogens (primary N) is 1. The number of phenolic OH excluding ortho intramolecular Hbond substituents is 1. The highest BCUT2D eigenvalue weighted by Crippen LogP contribution is 2.38. The van der Waals surface area contributed by atoms with Crippen LogP contribution in [0.4, 0.5) is 14.5 Å². The highest BCUT2D eigenvalue weighted by molar-refractivity contribution is 5.85. The molecule has 0 aromatic heterocycles. The van der Waals surface area contributed by atoms with E-state index in [1.165, 1.54) is 6.07 Å². The second kappa shape index (κ2) is 8.58. The van der Waals surface area contributed by atoms with E-state index in [4.69, 9.17) is 5.73 Å². The molecule has 21 heavy (non-hydrogen) atoms. The largest absolute Gasteiger partial charge is 0.505 e. The molecule has 1 heterocycles. The number of rotatable bonds is 3. The number of aryl methyl sites for hydroxylation is 1. The maximum atomic E-state index is 13.4. The highest BCUT2D eigenvalue weighted by atomic mass is 35.5. The van der Waals surface area contributed by atoms with E-state index < -0.39 is 12.5 Å². The van der Waals surface area contributed by atoms with Gasteiger partial charge in [0.1, 0.15) is 11.8 Å². The Morgan fingerprint density at radius 3 is 2.33 bits per heavy atom. The van der Waals surface area contributed by atoms with Crippen molar-refractivity contribution in [3.8, 4) is 5.75 Å². The van der Waals surface area contributed by atoms with Crippen LogP contribution < -0.4 is 11.1 Å². The summed E-state index contributed by atoms with van der Waals surface area (Å²) < 4.78 is 26.9. The fourth-order valence-corrected chi connectivity index (χ4v) is 2.53. The van der Waals surface area contributed by atoms with Crippen LogP contribution in [-0.2, 0) is 0 Å². The maximum absolute atomic E-state index is 13.4. The number of nitrogens with zero attached hydrogens (tertiary/aromatic N) is 1. The lowest BCUT2D eigenvalue weighted by molar-refractivity contribution is 0.0167. The van der Waals surface area contributed by atoms with Crippen LogP contribution in [0.25, 0.3) is 0 Å². The molecule has 1 fully saturated rings. The van der Waals surface area contributed by atoms with Crippen molar-refractivity contribution in [1.29, 1.82) is 0 Å². The van der Waals surface area contributed by atoms with E-state index in [1.54, 1.807) is 17.9 Å². The van der Waals surface area contributed by atoms with E-state index >= 15 is 0 Å². The zero-order chi connectivity index (χ0) is 14.0. The summed E-state index contributed by atoms with van der Waals surface area (Å²) in [6.07, 6.45) is -2.57. The lowest BCUT2D eigenvalue weighted by atomic mass is 9.97. The molecule has 0 aliphatic carbocycles. The van der Waals surface area contributed by atoms with Crippen LogP contribution in [0.15, 0.2) is 12.1 Å². The highest BCUT2D eigenvalue weighted by Gasteiger charge is 2.33. The Kier molecular flexibility index (Phi) is 8.25. The van der Waals surface area contributed by atoms with Gasteiger partial charge in [0.2, 0.25) is 0 Å². The fraction of sp³-hybridized carbons (Fsp3) is 0.538. The van der Waals surface area contributed by atoms with Crippen molar-refractivity contribution in [2.75, 3.05) is 31.9 Å². The second-order valence-electron chi connectivity index (χ2n) is 4.80. The van der Waals surface area contributed by atoms with E-state index in [9.17, 15) is 13.9 Å². The van der Waals surface area contributed by atoms with Crippen molar-refractivity contribution < 1.29 is 13.9 Å². The molecule has 0 radical (unpaired) electrons. The smallest absolute Gasteiger partial charge is 0.258 e. The Balaban J connectivity index is 0.00000200. The number of nitrogen functional groups attached to an aromatic ring is 1. The molecule has 0 unspecified atom stereocenters. The molecule has 0 amide bonds. The normalized spacial score (nSPS) is 17.0. The zero-order valence-corrected chi connectivity index (χ0v) is 13.3. The zero-order valence-electron chi connectivity index (χ0n) is 11.7. The molecule has 1 aromatic rings. The van der Waals surface area contributed by atoms with Crippen LogP contribution in [-0.4, -0.2) is 42.6 Å². The SMILES string of the molecule is Cc1ccc(N)c(O)c1[C@@H](C(F)F)N1CCNCC1.Cl.Cl. The Hall–Kier alpha value is -0.820. The van der Waals surface area contributed by atoms with E-state index in [2.05, 4.69) is 5.32 Å². The van der Waals surface area contributed by atoms with Crippen LogP contribution in [0, 0.1) is 6.92 Å². The third kappa shape index (κ3) is 4.32. The predicted molar refractivity (Wildman–Crippen MR) is 84.9 cm³/mol. The van der Waals surface area contributed by atoms with Crippen LogP contribution in [0.2, 0.25) is 0 Å². The number of nitrogens with one attached hydrogen (secondary N) is 1. The van der Waals surface area contributed by atoms with E-state index in [1.807, 2.05) is 0 Å². The minimum Gasteiger partial charge on any atom is -0.505 e. The van der Waals surface area contributed by atoms with Crippen molar-refractivity contribution in [2.24, 2.45) is 0 Å². The third-order valence-corrected chi connectivity index (χ3v) is 3.55. The first kappa shape index (κ1) is 20.2. The predicted octanol–water partition coefficient (Wildman–Crippen LogP) is 2.34. The molecule has 4 nitrogen and oxygen atoms in total. The van der Waals surface area contributed by atoms with E-state index in [-0.39, 0.29) is 41.8 Å². The molecule has 1 atom stereocenters. The number of aromatic hydroxyl groups is 1. The van der Waals surface area contributed by atoms with E-state index in [0.29, 0.717) is 31.7 Å². The summed E-state index contributed by atoms with van der Waals surface area (Å²) in [5.74, 6) is -0.219. The van der Waals surface area contributed by atoms with Crippen molar-refractivity contribution in [3.63, 3.8) is 0 Å². The first-order valence-corrected chi connectivity index (χ1v) is 6.33. The Morgan fingerprint density at radius 1 is 1.24 bits per heavy atom. The van der Waals surface area contributed by atoms with Gasteiger partial charge in [-0.2, -0.15) is 0 Å². The number of anilines is 1. The molecule has 8 heteroatoms. The van der Waals surface area contributed by atoms with Gasteiger partial charge in [0.15, 0.2) is 0 Å². The van der Waals surface area contributed by atoms with Gasteiger partial charge in [-0.3, -0.25) is 4.90 Å². The molecule has 0 bridgehead atoms. The average molecular weight is 344 g/mol. The summed E-state index contributed by atoms with van der Waals surface area (Å²) in [4.78, 5) is 1.70. The Bertz CT molecular complexity index is 457. The average Bonchev–Trinajstić information content (AvgIpc) is 2.39. The first-order valence-electron chi connectivity index (χ1n) is 6.33. The molecular formula is C13H21Cl2F2N3O. The first-order chi connectivity index (χ1) is 9.02. The molecule has 1 aliphatic heterocycles. The van der Waals surface area contributed by atoms with Crippen molar-refractivity contribution in [1.82, 2.24) is 10.2 Å². The number of halogens is 4. The van der Waals surface area contributed by atoms with Crippen LogP contribution in [0.1, 0.15) is 17.2 Å². The lowest BCUT2D eigenvalue weighted by Gasteiger charge is -2.35. The van der Waals surface area contributed by atoms with Gasteiger partial charge >= 0.3 is 0 Å². The number of benzene rings is 1. The molecule has 122 valence electrons.